The molecule has 0 aliphatic heterocycles. The molecule has 1 amide bonds. The van der Waals surface area contributed by atoms with E-state index in [1.54, 1.807) is 13.8 Å². The summed E-state index contributed by atoms with van der Waals surface area (Å²) in [5.74, 6) is -3.51. The van der Waals surface area contributed by atoms with E-state index in [2.05, 4.69) is 5.32 Å². The van der Waals surface area contributed by atoms with E-state index in [1.807, 2.05) is 0 Å². The van der Waals surface area contributed by atoms with Gasteiger partial charge in [0.25, 0.3) is 0 Å². The van der Waals surface area contributed by atoms with Gasteiger partial charge in [-0.3, -0.25) is 9.59 Å². The monoisotopic (exact) mass is 232 g/mol. The van der Waals surface area contributed by atoms with Crippen LogP contribution in [0.1, 0.15) is 20.3 Å². The normalized spacial score (nSPS) is 14.2. The SMILES string of the molecule is CC(C)C(N)C(=O)NC(CC(=O)O)C(=O)O. The third kappa shape index (κ3) is 4.74. The van der Waals surface area contributed by atoms with Crippen LogP contribution in [-0.4, -0.2) is 40.1 Å². The van der Waals surface area contributed by atoms with Gasteiger partial charge in [0.15, 0.2) is 0 Å². The molecule has 0 heterocycles. The molecule has 0 aliphatic rings. The summed E-state index contributed by atoms with van der Waals surface area (Å²) in [4.78, 5) is 32.4. The predicted octanol–water partition coefficient (Wildman–Crippen LogP) is -0.986. The van der Waals surface area contributed by atoms with Crippen molar-refractivity contribution in [3.63, 3.8) is 0 Å². The van der Waals surface area contributed by atoms with E-state index in [1.165, 1.54) is 0 Å². The van der Waals surface area contributed by atoms with E-state index in [-0.39, 0.29) is 5.92 Å². The van der Waals surface area contributed by atoms with Crippen LogP contribution < -0.4 is 11.1 Å². The molecular formula is C9H16N2O5. The summed E-state index contributed by atoms with van der Waals surface area (Å²) >= 11 is 0. The van der Waals surface area contributed by atoms with Gasteiger partial charge < -0.3 is 21.3 Å². The number of amides is 1. The predicted molar refractivity (Wildman–Crippen MR) is 54.6 cm³/mol. The minimum atomic E-state index is -1.45. The van der Waals surface area contributed by atoms with Crippen molar-refractivity contribution in [2.45, 2.75) is 32.4 Å². The van der Waals surface area contributed by atoms with Gasteiger partial charge in [0.2, 0.25) is 5.91 Å². The molecule has 92 valence electrons. The first-order valence-electron chi connectivity index (χ1n) is 4.76. The Morgan fingerprint density at radius 3 is 2.06 bits per heavy atom. The number of rotatable bonds is 6. The van der Waals surface area contributed by atoms with Crippen LogP contribution in [0.2, 0.25) is 0 Å². The highest BCUT2D eigenvalue weighted by Crippen LogP contribution is 2.00. The van der Waals surface area contributed by atoms with E-state index in [4.69, 9.17) is 15.9 Å². The first-order chi connectivity index (χ1) is 7.25. The maximum Gasteiger partial charge on any atom is 0.326 e. The Balaban J connectivity index is 4.46. The van der Waals surface area contributed by atoms with Crippen molar-refractivity contribution in [3.05, 3.63) is 0 Å². The zero-order valence-electron chi connectivity index (χ0n) is 9.14. The Hall–Kier alpha value is -1.63. The minimum Gasteiger partial charge on any atom is -0.481 e. The van der Waals surface area contributed by atoms with E-state index in [0.717, 1.165) is 0 Å². The zero-order chi connectivity index (χ0) is 12.9. The molecule has 16 heavy (non-hydrogen) atoms. The molecule has 7 nitrogen and oxygen atoms in total. The van der Waals surface area contributed by atoms with E-state index >= 15 is 0 Å². The van der Waals surface area contributed by atoms with Gasteiger partial charge in [-0.15, -0.1) is 0 Å². The summed E-state index contributed by atoms with van der Waals surface area (Å²) in [5, 5.41) is 19.2. The number of carboxylic acids is 2. The van der Waals surface area contributed by atoms with Crippen LogP contribution >= 0.6 is 0 Å². The molecule has 0 aromatic heterocycles. The maximum atomic E-state index is 11.4. The minimum absolute atomic E-state index is 0.153. The van der Waals surface area contributed by atoms with Crippen molar-refractivity contribution >= 4 is 17.8 Å². The molecule has 0 radical (unpaired) electrons. The van der Waals surface area contributed by atoms with Gasteiger partial charge in [0.05, 0.1) is 12.5 Å². The number of aliphatic carboxylic acids is 2. The number of carbonyl (C=O) groups excluding carboxylic acids is 1. The van der Waals surface area contributed by atoms with Crippen molar-refractivity contribution in [2.75, 3.05) is 0 Å². The van der Waals surface area contributed by atoms with Gasteiger partial charge in [-0.05, 0) is 5.92 Å². The highest BCUT2D eigenvalue weighted by molar-refractivity contribution is 5.89. The van der Waals surface area contributed by atoms with Crippen LogP contribution in [0.15, 0.2) is 0 Å². The third-order valence-electron chi connectivity index (χ3n) is 2.01. The fraction of sp³-hybridized carbons (Fsp3) is 0.667. The highest BCUT2D eigenvalue weighted by atomic mass is 16.4. The highest BCUT2D eigenvalue weighted by Gasteiger charge is 2.26. The lowest BCUT2D eigenvalue weighted by molar-refractivity contribution is -0.147. The standard InChI is InChI=1S/C9H16N2O5/c1-4(2)7(10)8(14)11-5(9(15)16)3-6(12)13/h4-5,7H,3,10H2,1-2H3,(H,11,14)(H,12,13)(H,15,16). The van der Waals surface area contributed by atoms with Crippen LogP contribution in [0.5, 0.6) is 0 Å². The molecule has 5 N–H and O–H groups in total. The molecular weight excluding hydrogens is 216 g/mol. The zero-order valence-corrected chi connectivity index (χ0v) is 9.14. The number of carboxylic acid groups (broad SMARTS) is 2. The van der Waals surface area contributed by atoms with Crippen LogP contribution in [0.3, 0.4) is 0 Å². The van der Waals surface area contributed by atoms with Gasteiger partial charge in [-0.2, -0.15) is 0 Å². The van der Waals surface area contributed by atoms with Gasteiger partial charge >= 0.3 is 11.9 Å². The Labute approximate surface area is 92.6 Å². The number of hydrogen-bond donors (Lipinski definition) is 4. The Kier molecular flexibility index (Phi) is 5.44. The van der Waals surface area contributed by atoms with Crippen molar-refractivity contribution in [1.82, 2.24) is 5.32 Å². The largest absolute Gasteiger partial charge is 0.481 e. The molecule has 0 aliphatic carbocycles. The quantitative estimate of drug-likeness (QED) is 0.465. The fourth-order valence-electron chi connectivity index (χ4n) is 0.945. The molecule has 2 atom stereocenters. The number of hydrogen-bond acceptors (Lipinski definition) is 4. The van der Waals surface area contributed by atoms with Crippen molar-refractivity contribution in [1.29, 1.82) is 0 Å². The first kappa shape index (κ1) is 14.4. The molecule has 0 saturated carbocycles. The lowest BCUT2D eigenvalue weighted by Crippen LogP contribution is -2.50. The molecule has 0 aromatic rings. The Morgan fingerprint density at radius 2 is 1.75 bits per heavy atom. The molecule has 7 heteroatoms. The van der Waals surface area contributed by atoms with Gasteiger partial charge in [-0.25, -0.2) is 4.79 Å². The average Bonchev–Trinajstić information content (AvgIpc) is 2.14. The Morgan fingerprint density at radius 1 is 1.25 bits per heavy atom. The van der Waals surface area contributed by atoms with Crippen molar-refractivity contribution in [3.8, 4) is 0 Å². The molecule has 0 spiro atoms. The molecule has 2 unspecified atom stereocenters. The summed E-state index contributed by atoms with van der Waals surface area (Å²) in [6.07, 6.45) is -0.675. The molecule has 0 saturated heterocycles. The first-order valence-corrected chi connectivity index (χ1v) is 4.76. The Bertz CT molecular complexity index is 290. The van der Waals surface area contributed by atoms with E-state index in [9.17, 15) is 14.4 Å². The molecule has 0 rings (SSSR count). The van der Waals surface area contributed by atoms with Crippen LogP contribution in [0, 0.1) is 5.92 Å². The summed E-state index contributed by atoms with van der Waals surface area (Å²) < 4.78 is 0. The molecule has 0 bridgehead atoms. The smallest absolute Gasteiger partial charge is 0.326 e. The van der Waals surface area contributed by atoms with Crippen LogP contribution in [-0.2, 0) is 14.4 Å². The number of carbonyl (C=O) groups is 3. The second kappa shape index (κ2) is 6.06. The summed E-state index contributed by atoms with van der Waals surface area (Å²) in [6, 6.07) is -2.30. The second-order valence-electron chi connectivity index (χ2n) is 3.77. The number of nitrogens with one attached hydrogen (secondary N) is 1. The van der Waals surface area contributed by atoms with Crippen molar-refractivity contribution in [2.24, 2.45) is 11.7 Å². The lowest BCUT2D eigenvalue weighted by Gasteiger charge is -2.18. The maximum absolute atomic E-state index is 11.4. The summed E-state index contributed by atoms with van der Waals surface area (Å²) in [5.41, 5.74) is 5.49. The molecule has 0 fully saturated rings. The fourth-order valence-corrected chi connectivity index (χ4v) is 0.945. The summed E-state index contributed by atoms with van der Waals surface area (Å²) in [7, 11) is 0. The number of nitrogens with two attached hydrogens (primary N) is 1. The van der Waals surface area contributed by atoms with E-state index in [0.29, 0.717) is 0 Å². The molecule has 0 aromatic carbocycles. The van der Waals surface area contributed by atoms with E-state index < -0.39 is 36.4 Å². The second-order valence-corrected chi connectivity index (χ2v) is 3.77. The van der Waals surface area contributed by atoms with Crippen LogP contribution in [0.4, 0.5) is 0 Å². The van der Waals surface area contributed by atoms with Gasteiger partial charge in [0, 0.05) is 0 Å². The summed E-state index contributed by atoms with van der Waals surface area (Å²) in [6.45, 7) is 3.41. The topological polar surface area (TPSA) is 130 Å². The average molecular weight is 232 g/mol. The third-order valence-corrected chi connectivity index (χ3v) is 2.01. The van der Waals surface area contributed by atoms with Crippen LogP contribution in [0.25, 0.3) is 0 Å². The van der Waals surface area contributed by atoms with Gasteiger partial charge in [0.1, 0.15) is 6.04 Å². The lowest BCUT2D eigenvalue weighted by atomic mass is 10.0. The van der Waals surface area contributed by atoms with Gasteiger partial charge in [-0.1, -0.05) is 13.8 Å². The van der Waals surface area contributed by atoms with Crippen molar-refractivity contribution < 1.29 is 24.6 Å².